The van der Waals surface area contributed by atoms with Crippen LogP contribution in [-0.4, -0.2) is 12.3 Å². The summed E-state index contributed by atoms with van der Waals surface area (Å²) >= 11 is 0. The van der Waals surface area contributed by atoms with Gasteiger partial charge in [-0.05, 0) is 25.8 Å². The van der Waals surface area contributed by atoms with E-state index in [2.05, 4.69) is 13.8 Å². The molecule has 0 saturated carbocycles. The third-order valence-electron chi connectivity index (χ3n) is 2.07. The molecule has 0 fully saturated rings. The SMILES string of the molecule is CCC(CC)C(=O)CCCN. The lowest BCUT2D eigenvalue weighted by Crippen LogP contribution is -2.14. The Balaban J connectivity index is 3.61. The summed E-state index contributed by atoms with van der Waals surface area (Å²) < 4.78 is 0. The number of rotatable bonds is 6. The smallest absolute Gasteiger partial charge is 0.136 e. The first-order valence-electron chi connectivity index (χ1n) is 4.49. The van der Waals surface area contributed by atoms with Crippen molar-refractivity contribution >= 4 is 5.78 Å². The predicted molar refractivity (Wildman–Crippen MR) is 47.4 cm³/mol. The summed E-state index contributed by atoms with van der Waals surface area (Å²) in [6.45, 7) is 4.76. The molecule has 0 aliphatic carbocycles. The van der Waals surface area contributed by atoms with Gasteiger partial charge < -0.3 is 5.73 Å². The van der Waals surface area contributed by atoms with Gasteiger partial charge in [0, 0.05) is 12.3 Å². The molecule has 0 heterocycles. The molecule has 0 atom stereocenters. The van der Waals surface area contributed by atoms with Crippen LogP contribution >= 0.6 is 0 Å². The van der Waals surface area contributed by atoms with Crippen LogP contribution in [0.3, 0.4) is 0 Å². The minimum Gasteiger partial charge on any atom is -0.330 e. The van der Waals surface area contributed by atoms with Crippen molar-refractivity contribution in [3.8, 4) is 0 Å². The van der Waals surface area contributed by atoms with E-state index in [9.17, 15) is 4.79 Å². The highest BCUT2D eigenvalue weighted by molar-refractivity contribution is 5.80. The highest BCUT2D eigenvalue weighted by Gasteiger charge is 2.12. The van der Waals surface area contributed by atoms with Gasteiger partial charge in [-0.25, -0.2) is 0 Å². The van der Waals surface area contributed by atoms with Gasteiger partial charge in [-0.15, -0.1) is 0 Å². The van der Waals surface area contributed by atoms with Gasteiger partial charge in [-0.1, -0.05) is 13.8 Å². The third-order valence-corrected chi connectivity index (χ3v) is 2.07. The van der Waals surface area contributed by atoms with E-state index in [-0.39, 0.29) is 5.92 Å². The van der Waals surface area contributed by atoms with Crippen molar-refractivity contribution in [2.75, 3.05) is 6.54 Å². The van der Waals surface area contributed by atoms with Crippen LogP contribution in [0, 0.1) is 5.92 Å². The van der Waals surface area contributed by atoms with Gasteiger partial charge in [0.1, 0.15) is 5.78 Å². The molecular weight excluding hydrogens is 138 g/mol. The normalized spacial score (nSPS) is 10.5. The lowest BCUT2D eigenvalue weighted by atomic mass is 9.95. The number of hydrogen-bond donors (Lipinski definition) is 1. The van der Waals surface area contributed by atoms with Crippen LogP contribution in [0.4, 0.5) is 0 Å². The lowest BCUT2D eigenvalue weighted by Gasteiger charge is -2.09. The summed E-state index contributed by atoms with van der Waals surface area (Å²) in [7, 11) is 0. The average Bonchev–Trinajstić information content (AvgIpc) is 2.03. The first-order valence-corrected chi connectivity index (χ1v) is 4.49. The Morgan fingerprint density at radius 3 is 2.27 bits per heavy atom. The molecule has 0 bridgehead atoms. The summed E-state index contributed by atoms with van der Waals surface area (Å²) in [5.41, 5.74) is 5.31. The first-order chi connectivity index (χ1) is 5.26. The molecule has 0 aliphatic rings. The van der Waals surface area contributed by atoms with Gasteiger partial charge in [0.25, 0.3) is 0 Å². The Hall–Kier alpha value is -0.370. The summed E-state index contributed by atoms with van der Waals surface area (Å²) in [6.07, 6.45) is 3.46. The standard InChI is InChI=1S/C9H19NO/c1-3-8(4-2)9(11)6-5-7-10/h8H,3-7,10H2,1-2H3. The summed E-state index contributed by atoms with van der Waals surface area (Å²) in [4.78, 5) is 11.3. The van der Waals surface area contributed by atoms with E-state index >= 15 is 0 Å². The van der Waals surface area contributed by atoms with E-state index in [1.807, 2.05) is 0 Å². The maximum atomic E-state index is 11.3. The molecule has 0 spiro atoms. The number of Topliss-reactive ketones (excluding diaryl/α,β-unsaturated/α-hetero) is 1. The minimum absolute atomic E-state index is 0.279. The highest BCUT2D eigenvalue weighted by atomic mass is 16.1. The molecule has 0 aromatic carbocycles. The molecule has 2 nitrogen and oxygen atoms in total. The maximum absolute atomic E-state index is 11.3. The van der Waals surface area contributed by atoms with Gasteiger partial charge in [0.15, 0.2) is 0 Å². The van der Waals surface area contributed by atoms with E-state index in [0.29, 0.717) is 18.7 Å². The first kappa shape index (κ1) is 10.6. The molecule has 0 saturated heterocycles. The molecule has 0 aromatic heterocycles. The second-order valence-electron chi connectivity index (χ2n) is 2.87. The van der Waals surface area contributed by atoms with Crippen LogP contribution in [0.5, 0.6) is 0 Å². The highest BCUT2D eigenvalue weighted by Crippen LogP contribution is 2.11. The van der Waals surface area contributed by atoms with Crippen molar-refractivity contribution in [2.24, 2.45) is 11.7 Å². The number of carbonyl (C=O) groups is 1. The Kier molecular flexibility index (Phi) is 6.13. The molecule has 0 unspecified atom stereocenters. The molecule has 0 radical (unpaired) electrons. The Bertz CT molecular complexity index is 108. The van der Waals surface area contributed by atoms with Crippen LogP contribution in [0.15, 0.2) is 0 Å². The Labute approximate surface area is 69.2 Å². The Morgan fingerprint density at radius 2 is 1.91 bits per heavy atom. The minimum atomic E-state index is 0.279. The van der Waals surface area contributed by atoms with Crippen LogP contribution < -0.4 is 5.73 Å². The van der Waals surface area contributed by atoms with E-state index in [0.717, 1.165) is 19.3 Å². The summed E-state index contributed by atoms with van der Waals surface area (Å²) in [5, 5.41) is 0. The number of carbonyl (C=O) groups excluding carboxylic acids is 1. The molecule has 0 rings (SSSR count). The van der Waals surface area contributed by atoms with E-state index in [4.69, 9.17) is 5.73 Å². The monoisotopic (exact) mass is 157 g/mol. The molecule has 0 aliphatic heterocycles. The zero-order valence-corrected chi connectivity index (χ0v) is 7.60. The number of ketones is 1. The van der Waals surface area contributed by atoms with Gasteiger partial charge in [-0.3, -0.25) is 4.79 Å². The quantitative estimate of drug-likeness (QED) is 0.638. The van der Waals surface area contributed by atoms with Crippen molar-refractivity contribution in [1.82, 2.24) is 0 Å². The van der Waals surface area contributed by atoms with Crippen LogP contribution in [0.25, 0.3) is 0 Å². The zero-order valence-electron chi connectivity index (χ0n) is 7.60. The second kappa shape index (κ2) is 6.35. The molecule has 2 N–H and O–H groups in total. The fraction of sp³-hybridized carbons (Fsp3) is 0.889. The van der Waals surface area contributed by atoms with Crippen molar-refractivity contribution < 1.29 is 4.79 Å². The zero-order chi connectivity index (χ0) is 8.69. The van der Waals surface area contributed by atoms with Crippen LogP contribution in [0.2, 0.25) is 0 Å². The molecular formula is C9H19NO. The van der Waals surface area contributed by atoms with Gasteiger partial charge in [0.05, 0.1) is 0 Å². The molecule has 66 valence electrons. The topological polar surface area (TPSA) is 43.1 Å². The molecule has 0 aromatic rings. The van der Waals surface area contributed by atoms with Crippen molar-refractivity contribution in [1.29, 1.82) is 0 Å². The van der Waals surface area contributed by atoms with E-state index in [1.165, 1.54) is 0 Å². The predicted octanol–water partition coefficient (Wildman–Crippen LogP) is 1.73. The Morgan fingerprint density at radius 1 is 1.36 bits per heavy atom. The molecule has 11 heavy (non-hydrogen) atoms. The van der Waals surface area contributed by atoms with Gasteiger partial charge in [0.2, 0.25) is 0 Å². The van der Waals surface area contributed by atoms with Crippen molar-refractivity contribution in [3.63, 3.8) is 0 Å². The third kappa shape index (κ3) is 4.14. The molecule has 2 heteroatoms. The van der Waals surface area contributed by atoms with Gasteiger partial charge in [-0.2, -0.15) is 0 Å². The summed E-state index contributed by atoms with van der Waals surface area (Å²) in [5.74, 6) is 0.669. The van der Waals surface area contributed by atoms with Gasteiger partial charge >= 0.3 is 0 Å². The average molecular weight is 157 g/mol. The summed E-state index contributed by atoms with van der Waals surface area (Å²) in [6, 6.07) is 0. The molecule has 0 amide bonds. The largest absolute Gasteiger partial charge is 0.330 e. The lowest BCUT2D eigenvalue weighted by molar-refractivity contribution is -0.123. The van der Waals surface area contributed by atoms with Crippen molar-refractivity contribution in [2.45, 2.75) is 39.5 Å². The van der Waals surface area contributed by atoms with E-state index in [1.54, 1.807) is 0 Å². The van der Waals surface area contributed by atoms with Crippen LogP contribution in [-0.2, 0) is 4.79 Å². The number of hydrogen-bond acceptors (Lipinski definition) is 2. The van der Waals surface area contributed by atoms with E-state index < -0.39 is 0 Å². The fourth-order valence-corrected chi connectivity index (χ4v) is 1.22. The maximum Gasteiger partial charge on any atom is 0.136 e. The van der Waals surface area contributed by atoms with Crippen LogP contribution in [0.1, 0.15) is 39.5 Å². The second-order valence-corrected chi connectivity index (χ2v) is 2.87. The number of nitrogens with two attached hydrogens (primary N) is 1. The fourth-order valence-electron chi connectivity index (χ4n) is 1.22. The van der Waals surface area contributed by atoms with Crippen molar-refractivity contribution in [3.05, 3.63) is 0 Å².